The molecule has 1 N–H and O–H groups in total. The molecule has 1 aliphatic rings. The zero-order chi connectivity index (χ0) is 11.8. The van der Waals surface area contributed by atoms with E-state index in [2.05, 4.69) is 19.2 Å². The van der Waals surface area contributed by atoms with E-state index in [1.54, 1.807) is 7.11 Å². The maximum Gasteiger partial charge on any atom is 0.0477 e. The van der Waals surface area contributed by atoms with Gasteiger partial charge in [-0.15, -0.1) is 0 Å². The Balaban J connectivity index is 2.33. The molecule has 1 fully saturated rings. The van der Waals surface area contributed by atoms with Gasteiger partial charge < -0.3 is 10.1 Å². The fraction of sp³-hybridized carbons (Fsp3) is 1.00. The molecule has 0 aromatic carbocycles. The Hall–Kier alpha value is -0.0800. The fourth-order valence-corrected chi connectivity index (χ4v) is 3.01. The predicted octanol–water partition coefficient (Wildman–Crippen LogP) is 3.22. The number of nitrogens with one attached hydrogen (secondary N) is 1. The van der Waals surface area contributed by atoms with Crippen LogP contribution in [0.5, 0.6) is 0 Å². The lowest BCUT2D eigenvalue weighted by atomic mass is 9.77. The highest BCUT2D eigenvalue weighted by atomic mass is 16.5. The highest BCUT2D eigenvalue weighted by molar-refractivity contribution is 4.81. The third-order valence-corrected chi connectivity index (χ3v) is 4.14. The largest absolute Gasteiger partial charge is 0.385 e. The fourth-order valence-electron chi connectivity index (χ4n) is 3.01. The van der Waals surface area contributed by atoms with Gasteiger partial charge in [0.15, 0.2) is 0 Å². The third-order valence-electron chi connectivity index (χ3n) is 4.14. The van der Waals surface area contributed by atoms with Crippen LogP contribution in [0.1, 0.15) is 52.4 Å². The third kappa shape index (κ3) is 4.42. The van der Waals surface area contributed by atoms with Crippen molar-refractivity contribution in [2.24, 2.45) is 11.8 Å². The smallest absolute Gasteiger partial charge is 0.0477 e. The molecule has 16 heavy (non-hydrogen) atoms. The van der Waals surface area contributed by atoms with Gasteiger partial charge in [-0.2, -0.15) is 0 Å². The molecule has 0 amide bonds. The highest BCUT2D eigenvalue weighted by Gasteiger charge is 2.26. The summed E-state index contributed by atoms with van der Waals surface area (Å²) in [5, 5.41) is 3.64. The number of ether oxygens (including phenoxy) is 1. The number of methoxy groups -OCH3 is 1. The normalized spacial score (nSPS) is 27.9. The van der Waals surface area contributed by atoms with Gasteiger partial charge in [-0.05, 0) is 37.6 Å². The van der Waals surface area contributed by atoms with Gasteiger partial charge in [0.05, 0.1) is 0 Å². The molecule has 1 aliphatic carbocycles. The minimum absolute atomic E-state index is 0.683. The van der Waals surface area contributed by atoms with Gasteiger partial charge in [0.1, 0.15) is 0 Å². The summed E-state index contributed by atoms with van der Waals surface area (Å²) < 4.78 is 5.21. The minimum atomic E-state index is 0.683. The zero-order valence-corrected chi connectivity index (χ0v) is 11.3. The summed E-state index contributed by atoms with van der Waals surface area (Å²) in [5.74, 6) is 1.89. The Kier molecular flexibility index (Phi) is 7.06. The van der Waals surface area contributed by atoms with E-state index in [0.29, 0.717) is 6.04 Å². The Bertz CT molecular complexity index is 164. The van der Waals surface area contributed by atoms with Gasteiger partial charge >= 0.3 is 0 Å². The van der Waals surface area contributed by atoms with Crippen molar-refractivity contribution in [2.45, 2.75) is 58.4 Å². The van der Waals surface area contributed by atoms with Crippen molar-refractivity contribution in [3.05, 3.63) is 0 Å². The lowest BCUT2D eigenvalue weighted by molar-refractivity contribution is 0.151. The molecule has 0 heterocycles. The van der Waals surface area contributed by atoms with Crippen molar-refractivity contribution < 1.29 is 4.74 Å². The molecule has 96 valence electrons. The minimum Gasteiger partial charge on any atom is -0.385 e. The Morgan fingerprint density at radius 3 is 2.38 bits per heavy atom. The summed E-state index contributed by atoms with van der Waals surface area (Å²) in [6.07, 6.45) is 8.26. The number of hydrogen-bond donors (Lipinski definition) is 1. The number of rotatable bonds is 7. The first-order chi connectivity index (χ1) is 7.81. The van der Waals surface area contributed by atoms with E-state index in [0.717, 1.165) is 25.0 Å². The van der Waals surface area contributed by atoms with Crippen LogP contribution in [-0.4, -0.2) is 26.3 Å². The maximum absolute atomic E-state index is 5.21. The van der Waals surface area contributed by atoms with Crippen molar-refractivity contribution in [3.8, 4) is 0 Å². The maximum atomic E-state index is 5.21. The summed E-state index contributed by atoms with van der Waals surface area (Å²) in [6, 6.07) is 0.683. The first-order valence-corrected chi connectivity index (χ1v) is 7.04. The molecule has 0 aromatic rings. The average molecular weight is 227 g/mol. The first kappa shape index (κ1) is 14.0. The van der Waals surface area contributed by atoms with Crippen LogP contribution in [0, 0.1) is 11.8 Å². The van der Waals surface area contributed by atoms with Crippen LogP contribution in [0.25, 0.3) is 0 Å². The van der Waals surface area contributed by atoms with Crippen molar-refractivity contribution in [1.29, 1.82) is 0 Å². The van der Waals surface area contributed by atoms with Crippen molar-refractivity contribution in [2.75, 3.05) is 20.3 Å². The summed E-state index contributed by atoms with van der Waals surface area (Å²) in [6.45, 7) is 6.52. The van der Waals surface area contributed by atoms with Gasteiger partial charge in [-0.25, -0.2) is 0 Å². The van der Waals surface area contributed by atoms with Crippen LogP contribution in [0.3, 0.4) is 0 Å². The molecule has 2 heteroatoms. The summed E-state index contributed by atoms with van der Waals surface area (Å²) in [4.78, 5) is 0. The number of hydrogen-bond acceptors (Lipinski definition) is 2. The van der Waals surface area contributed by atoms with E-state index in [9.17, 15) is 0 Å². The van der Waals surface area contributed by atoms with E-state index >= 15 is 0 Å². The quantitative estimate of drug-likeness (QED) is 0.721. The predicted molar refractivity (Wildman–Crippen MR) is 69.7 cm³/mol. The summed E-state index contributed by atoms with van der Waals surface area (Å²) in [7, 11) is 1.80. The highest BCUT2D eigenvalue weighted by Crippen LogP contribution is 2.33. The molecule has 0 aromatic heterocycles. The molecule has 0 bridgehead atoms. The van der Waals surface area contributed by atoms with Crippen LogP contribution in [0.4, 0.5) is 0 Å². The second-order valence-corrected chi connectivity index (χ2v) is 5.13. The zero-order valence-electron chi connectivity index (χ0n) is 11.3. The van der Waals surface area contributed by atoms with E-state index in [-0.39, 0.29) is 0 Å². The van der Waals surface area contributed by atoms with E-state index in [4.69, 9.17) is 4.74 Å². The summed E-state index contributed by atoms with van der Waals surface area (Å²) in [5.41, 5.74) is 0. The average Bonchev–Trinajstić information content (AvgIpc) is 2.35. The van der Waals surface area contributed by atoms with Crippen LogP contribution in [0.2, 0.25) is 0 Å². The molecular weight excluding hydrogens is 198 g/mol. The van der Waals surface area contributed by atoms with Crippen molar-refractivity contribution >= 4 is 0 Å². The Labute approximate surface area is 101 Å². The molecule has 1 rings (SSSR count). The molecule has 1 saturated carbocycles. The molecular formula is C14H29NO. The monoisotopic (exact) mass is 227 g/mol. The Morgan fingerprint density at radius 2 is 1.88 bits per heavy atom. The molecule has 1 unspecified atom stereocenters. The Morgan fingerprint density at radius 1 is 1.19 bits per heavy atom. The summed E-state index contributed by atoms with van der Waals surface area (Å²) >= 11 is 0. The molecule has 0 saturated heterocycles. The molecule has 1 atom stereocenters. The van der Waals surface area contributed by atoms with Crippen molar-refractivity contribution in [1.82, 2.24) is 5.32 Å². The lowest BCUT2D eigenvalue weighted by Crippen LogP contribution is -2.38. The lowest BCUT2D eigenvalue weighted by Gasteiger charge is -2.34. The van der Waals surface area contributed by atoms with Crippen LogP contribution in [-0.2, 0) is 4.74 Å². The second kappa shape index (κ2) is 8.08. The van der Waals surface area contributed by atoms with Gasteiger partial charge in [0.2, 0.25) is 0 Å². The van der Waals surface area contributed by atoms with Crippen molar-refractivity contribution in [3.63, 3.8) is 0 Å². The molecule has 0 radical (unpaired) electrons. The topological polar surface area (TPSA) is 21.3 Å². The SMILES string of the molecule is CCNC(CCOC)C1CCC(CC)CC1. The van der Waals surface area contributed by atoms with Crippen LogP contribution < -0.4 is 5.32 Å². The van der Waals surface area contributed by atoms with Crippen LogP contribution >= 0.6 is 0 Å². The van der Waals surface area contributed by atoms with Gasteiger partial charge in [-0.3, -0.25) is 0 Å². The molecule has 0 spiro atoms. The standard InChI is InChI=1S/C14H29NO/c1-4-12-6-8-13(9-7-12)14(15-5-2)10-11-16-3/h12-15H,4-11H2,1-3H3. The van der Waals surface area contributed by atoms with E-state index < -0.39 is 0 Å². The van der Waals surface area contributed by atoms with Gasteiger partial charge in [0, 0.05) is 19.8 Å². The van der Waals surface area contributed by atoms with Gasteiger partial charge in [-0.1, -0.05) is 33.1 Å². The first-order valence-electron chi connectivity index (χ1n) is 7.04. The van der Waals surface area contributed by atoms with Crippen LogP contribution in [0.15, 0.2) is 0 Å². The van der Waals surface area contributed by atoms with Gasteiger partial charge in [0.25, 0.3) is 0 Å². The van der Waals surface area contributed by atoms with E-state index in [1.165, 1.54) is 38.5 Å². The second-order valence-electron chi connectivity index (χ2n) is 5.13. The molecule has 2 nitrogen and oxygen atoms in total. The molecule has 0 aliphatic heterocycles. The van der Waals surface area contributed by atoms with E-state index in [1.807, 2.05) is 0 Å².